The van der Waals surface area contributed by atoms with Crippen LogP contribution in [0.5, 0.6) is 11.5 Å². The third-order valence-electron chi connectivity index (χ3n) is 5.45. The molecule has 1 saturated heterocycles. The molecule has 0 bridgehead atoms. The molecule has 25 heavy (non-hydrogen) atoms. The Morgan fingerprint density at radius 3 is 2.16 bits per heavy atom. The number of carbonyl (C=O) groups excluding carboxylic acids is 2. The van der Waals surface area contributed by atoms with Gasteiger partial charge < -0.3 is 19.3 Å². The fraction of sp³-hybridized carbons (Fsp3) is 0.579. The summed E-state index contributed by atoms with van der Waals surface area (Å²) >= 11 is 0. The molecule has 2 amide bonds. The van der Waals surface area contributed by atoms with Crippen LogP contribution >= 0.6 is 0 Å². The predicted molar refractivity (Wildman–Crippen MR) is 92.0 cm³/mol. The molecular formula is C19H24N2O4. The Kier molecular flexibility index (Phi) is 4.27. The second kappa shape index (κ2) is 6.58. The van der Waals surface area contributed by atoms with Crippen LogP contribution < -0.4 is 9.47 Å². The second-order valence-corrected chi connectivity index (χ2v) is 7.06. The van der Waals surface area contributed by atoms with E-state index in [9.17, 15) is 9.59 Å². The van der Waals surface area contributed by atoms with Gasteiger partial charge in [-0.25, -0.2) is 0 Å². The average molecular weight is 344 g/mol. The van der Waals surface area contributed by atoms with Gasteiger partial charge in [-0.1, -0.05) is 6.42 Å². The van der Waals surface area contributed by atoms with Gasteiger partial charge in [-0.05, 0) is 37.5 Å². The Morgan fingerprint density at radius 1 is 0.960 bits per heavy atom. The number of amides is 2. The minimum atomic E-state index is 0.00483. The highest BCUT2D eigenvalue weighted by Crippen LogP contribution is 2.33. The van der Waals surface area contributed by atoms with Crippen molar-refractivity contribution in [3.63, 3.8) is 0 Å². The number of fused-ring (bicyclic) bond motifs is 1. The zero-order valence-corrected chi connectivity index (χ0v) is 14.6. The van der Waals surface area contributed by atoms with Crippen molar-refractivity contribution in [2.24, 2.45) is 5.92 Å². The number of aryl methyl sites for hydroxylation is 1. The zero-order valence-electron chi connectivity index (χ0n) is 14.6. The molecule has 1 aromatic rings. The first-order valence-corrected chi connectivity index (χ1v) is 9.12. The minimum Gasteiger partial charge on any atom is -0.486 e. The smallest absolute Gasteiger partial charge is 0.254 e. The molecule has 4 rings (SSSR count). The molecule has 134 valence electrons. The Balaban J connectivity index is 1.43. The van der Waals surface area contributed by atoms with Gasteiger partial charge in [0.05, 0.1) is 0 Å². The standard InChI is InChI=1S/C19H24N2O4/c1-13-11-16-17(25-10-9-24-16)12-15(13)19(23)21-7-5-20(6-8-21)18(22)14-3-2-4-14/h11-12,14H,2-10H2,1H3. The molecule has 0 radical (unpaired) electrons. The summed E-state index contributed by atoms with van der Waals surface area (Å²) in [7, 11) is 0. The third kappa shape index (κ3) is 3.05. The minimum absolute atomic E-state index is 0.00483. The van der Waals surface area contributed by atoms with Gasteiger partial charge in [-0.2, -0.15) is 0 Å². The Bertz CT molecular complexity index is 691. The largest absolute Gasteiger partial charge is 0.486 e. The van der Waals surface area contributed by atoms with Crippen molar-refractivity contribution in [1.82, 2.24) is 9.80 Å². The van der Waals surface area contributed by atoms with Gasteiger partial charge in [0.1, 0.15) is 13.2 Å². The first-order chi connectivity index (χ1) is 12.1. The Morgan fingerprint density at radius 2 is 1.56 bits per heavy atom. The maximum Gasteiger partial charge on any atom is 0.254 e. The Hall–Kier alpha value is -2.24. The molecule has 0 spiro atoms. The number of benzene rings is 1. The molecule has 1 aliphatic carbocycles. The van der Waals surface area contributed by atoms with E-state index < -0.39 is 0 Å². The number of hydrogen-bond acceptors (Lipinski definition) is 4. The van der Waals surface area contributed by atoms with Gasteiger partial charge in [-0.3, -0.25) is 9.59 Å². The van der Waals surface area contributed by atoms with Crippen molar-refractivity contribution in [1.29, 1.82) is 0 Å². The van der Waals surface area contributed by atoms with Crippen LogP contribution in [0.4, 0.5) is 0 Å². The van der Waals surface area contributed by atoms with E-state index >= 15 is 0 Å². The lowest BCUT2D eigenvalue weighted by atomic mass is 9.84. The number of nitrogens with zero attached hydrogens (tertiary/aromatic N) is 2. The van der Waals surface area contributed by atoms with Gasteiger partial charge >= 0.3 is 0 Å². The first-order valence-electron chi connectivity index (χ1n) is 9.12. The maximum absolute atomic E-state index is 12.9. The van der Waals surface area contributed by atoms with Crippen molar-refractivity contribution in [3.8, 4) is 11.5 Å². The van der Waals surface area contributed by atoms with Crippen molar-refractivity contribution >= 4 is 11.8 Å². The number of carbonyl (C=O) groups is 2. The molecule has 0 N–H and O–H groups in total. The van der Waals surface area contributed by atoms with E-state index in [-0.39, 0.29) is 17.7 Å². The van der Waals surface area contributed by atoms with Gasteiger partial charge in [0.15, 0.2) is 11.5 Å². The summed E-state index contributed by atoms with van der Waals surface area (Å²) in [5, 5.41) is 0. The number of hydrogen-bond donors (Lipinski definition) is 0. The molecule has 1 saturated carbocycles. The number of ether oxygens (including phenoxy) is 2. The summed E-state index contributed by atoms with van der Waals surface area (Å²) in [5.74, 6) is 1.84. The summed E-state index contributed by atoms with van der Waals surface area (Å²) in [6, 6.07) is 3.66. The second-order valence-electron chi connectivity index (χ2n) is 7.06. The van der Waals surface area contributed by atoms with E-state index in [1.807, 2.05) is 22.8 Å². The van der Waals surface area contributed by atoms with Crippen LogP contribution in [-0.2, 0) is 4.79 Å². The quantitative estimate of drug-likeness (QED) is 0.822. The molecule has 2 fully saturated rings. The maximum atomic E-state index is 12.9. The van der Waals surface area contributed by atoms with Gasteiger partial charge in [0.2, 0.25) is 5.91 Å². The monoisotopic (exact) mass is 344 g/mol. The predicted octanol–water partition coefficient (Wildman–Crippen LogP) is 1.85. The van der Waals surface area contributed by atoms with Crippen molar-refractivity contribution < 1.29 is 19.1 Å². The average Bonchev–Trinajstić information content (AvgIpc) is 2.59. The van der Waals surface area contributed by atoms with E-state index in [1.165, 1.54) is 0 Å². The number of piperazine rings is 1. The topological polar surface area (TPSA) is 59.1 Å². The third-order valence-corrected chi connectivity index (χ3v) is 5.45. The summed E-state index contributed by atoms with van der Waals surface area (Å²) in [5.41, 5.74) is 1.55. The fourth-order valence-electron chi connectivity index (χ4n) is 3.63. The molecule has 2 heterocycles. The van der Waals surface area contributed by atoms with E-state index in [4.69, 9.17) is 9.47 Å². The summed E-state index contributed by atoms with van der Waals surface area (Å²) in [6.45, 7) is 5.40. The van der Waals surface area contributed by atoms with Crippen LogP contribution in [0.15, 0.2) is 12.1 Å². The molecule has 6 nitrogen and oxygen atoms in total. The fourth-order valence-corrected chi connectivity index (χ4v) is 3.63. The molecule has 0 unspecified atom stereocenters. The van der Waals surface area contributed by atoms with Crippen LogP contribution in [0.2, 0.25) is 0 Å². The van der Waals surface area contributed by atoms with Gasteiger partial charge in [-0.15, -0.1) is 0 Å². The molecule has 2 aliphatic heterocycles. The summed E-state index contributed by atoms with van der Waals surface area (Å²) < 4.78 is 11.2. The molecule has 3 aliphatic rings. The van der Waals surface area contributed by atoms with Crippen LogP contribution in [0.25, 0.3) is 0 Å². The van der Waals surface area contributed by atoms with E-state index in [1.54, 1.807) is 6.07 Å². The van der Waals surface area contributed by atoms with E-state index in [0.29, 0.717) is 56.5 Å². The zero-order chi connectivity index (χ0) is 17.4. The van der Waals surface area contributed by atoms with Gasteiger partial charge in [0.25, 0.3) is 5.91 Å². The lowest BCUT2D eigenvalue weighted by Crippen LogP contribution is -2.52. The lowest BCUT2D eigenvalue weighted by molar-refractivity contribution is -0.139. The molecule has 0 atom stereocenters. The van der Waals surface area contributed by atoms with E-state index in [2.05, 4.69) is 0 Å². The molecule has 6 heteroatoms. The highest BCUT2D eigenvalue weighted by molar-refractivity contribution is 5.96. The summed E-state index contributed by atoms with van der Waals surface area (Å²) in [6.07, 6.45) is 3.21. The Labute approximate surface area is 147 Å². The highest BCUT2D eigenvalue weighted by atomic mass is 16.6. The van der Waals surface area contributed by atoms with Crippen LogP contribution in [-0.4, -0.2) is 61.0 Å². The molecule has 1 aromatic carbocycles. The normalized spacial score (nSPS) is 20.2. The van der Waals surface area contributed by atoms with Crippen LogP contribution in [0.1, 0.15) is 35.2 Å². The molecule has 0 aromatic heterocycles. The SMILES string of the molecule is Cc1cc2c(cc1C(=O)N1CCN(C(=O)C3CCC3)CC1)OCCO2. The molecular weight excluding hydrogens is 320 g/mol. The highest BCUT2D eigenvalue weighted by Gasteiger charge is 2.32. The van der Waals surface area contributed by atoms with Crippen LogP contribution in [0, 0.1) is 12.8 Å². The van der Waals surface area contributed by atoms with Crippen LogP contribution in [0.3, 0.4) is 0 Å². The first kappa shape index (κ1) is 16.2. The van der Waals surface area contributed by atoms with E-state index in [0.717, 1.165) is 24.8 Å². The van der Waals surface area contributed by atoms with Crippen molar-refractivity contribution in [2.75, 3.05) is 39.4 Å². The van der Waals surface area contributed by atoms with Crippen molar-refractivity contribution in [3.05, 3.63) is 23.3 Å². The van der Waals surface area contributed by atoms with Gasteiger partial charge in [0, 0.05) is 37.7 Å². The lowest BCUT2D eigenvalue weighted by Gasteiger charge is -2.38. The van der Waals surface area contributed by atoms with Crippen molar-refractivity contribution in [2.45, 2.75) is 26.2 Å². The number of rotatable bonds is 2. The summed E-state index contributed by atoms with van der Waals surface area (Å²) in [4.78, 5) is 29.0.